The molecule has 8 heteroatoms. The maximum Gasteiger partial charge on any atom is 0.266 e. The van der Waals surface area contributed by atoms with E-state index in [4.69, 9.17) is 18.8 Å². The third-order valence-corrected chi connectivity index (χ3v) is 4.88. The Hall–Kier alpha value is -3.55. The molecule has 0 aliphatic rings. The predicted molar refractivity (Wildman–Crippen MR) is 126 cm³/mol. The lowest BCUT2D eigenvalue weighted by Gasteiger charge is -2.15. The number of hydrogen-bond donors (Lipinski definition) is 1. The van der Waals surface area contributed by atoms with E-state index in [2.05, 4.69) is 22.6 Å². The van der Waals surface area contributed by atoms with E-state index in [0.29, 0.717) is 41.7 Å². The number of nitrogens with one attached hydrogen (secondary N) is 1. The lowest BCUT2D eigenvalue weighted by atomic mass is 10.1. The summed E-state index contributed by atoms with van der Waals surface area (Å²) >= 11 is 0. The van der Waals surface area contributed by atoms with Crippen molar-refractivity contribution in [3.63, 3.8) is 0 Å². The van der Waals surface area contributed by atoms with Gasteiger partial charge in [-0.2, -0.15) is 0 Å². The van der Waals surface area contributed by atoms with E-state index in [0.717, 1.165) is 19.3 Å². The summed E-state index contributed by atoms with van der Waals surface area (Å²) < 4.78 is 22.3. The van der Waals surface area contributed by atoms with Crippen molar-refractivity contribution in [2.24, 2.45) is 0 Å². The fraction of sp³-hybridized carbons (Fsp3) is 0.400. The second kappa shape index (κ2) is 11.9. The molecule has 0 saturated carbocycles. The van der Waals surface area contributed by atoms with Crippen LogP contribution in [0.1, 0.15) is 46.1 Å². The SMILES string of the molecule is CCCOc1ccc(-c2nonc2NC(=O)C(C)Oc2ccc(CC)cc2)cc1OCCC. The zero-order chi connectivity index (χ0) is 23.6. The van der Waals surface area contributed by atoms with Crippen molar-refractivity contribution in [3.8, 4) is 28.5 Å². The molecule has 1 unspecified atom stereocenters. The molecule has 1 amide bonds. The molecule has 1 N–H and O–H groups in total. The van der Waals surface area contributed by atoms with Crippen molar-refractivity contribution in [3.05, 3.63) is 48.0 Å². The van der Waals surface area contributed by atoms with Gasteiger partial charge in [-0.15, -0.1) is 0 Å². The summed E-state index contributed by atoms with van der Waals surface area (Å²) in [5.41, 5.74) is 2.28. The average Bonchev–Trinajstić information content (AvgIpc) is 3.30. The Balaban J connectivity index is 1.73. The van der Waals surface area contributed by atoms with Crippen LogP contribution in [0.25, 0.3) is 11.3 Å². The van der Waals surface area contributed by atoms with E-state index in [9.17, 15) is 4.79 Å². The van der Waals surface area contributed by atoms with Gasteiger partial charge in [0, 0.05) is 5.56 Å². The number of amides is 1. The summed E-state index contributed by atoms with van der Waals surface area (Å²) in [4.78, 5) is 12.7. The number of benzene rings is 2. The van der Waals surface area contributed by atoms with E-state index in [-0.39, 0.29) is 11.7 Å². The summed E-state index contributed by atoms with van der Waals surface area (Å²) in [6, 6.07) is 13.1. The highest BCUT2D eigenvalue weighted by Gasteiger charge is 2.21. The topological polar surface area (TPSA) is 95.7 Å². The molecule has 0 saturated heterocycles. The first-order valence-corrected chi connectivity index (χ1v) is 11.3. The van der Waals surface area contributed by atoms with Gasteiger partial charge in [0.25, 0.3) is 5.91 Å². The maximum atomic E-state index is 12.7. The van der Waals surface area contributed by atoms with Crippen molar-refractivity contribution >= 4 is 11.7 Å². The van der Waals surface area contributed by atoms with E-state index in [1.165, 1.54) is 5.56 Å². The molecule has 1 aromatic heterocycles. The van der Waals surface area contributed by atoms with Crippen molar-refractivity contribution in [1.82, 2.24) is 10.3 Å². The molecule has 0 bridgehead atoms. The van der Waals surface area contributed by atoms with Crippen LogP contribution >= 0.6 is 0 Å². The molecule has 3 aromatic rings. The summed E-state index contributed by atoms with van der Waals surface area (Å²) in [5, 5.41) is 10.6. The highest BCUT2D eigenvalue weighted by atomic mass is 16.6. The molecule has 176 valence electrons. The third kappa shape index (κ3) is 6.47. The number of aromatic nitrogens is 2. The summed E-state index contributed by atoms with van der Waals surface area (Å²) in [7, 11) is 0. The van der Waals surface area contributed by atoms with Gasteiger partial charge in [-0.1, -0.05) is 32.9 Å². The average molecular weight is 454 g/mol. The van der Waals surface area contributed by atoms with Gasteiger partial charge in [0.15, 0.2) is 23.3 Å². The Morgan fingerprint density at radius 2 is 1.67 bits per heavy atom. The van der Waals surface area contributed by atoms with Crippen LogP contribution in [0, 0.1) is 0 Å². The standard InChI is InChI=1S/C25H31N3O5/c1-5-14-30-21-13-10-19(16-22(21)31-15-6-2)23-24(28-33-27-23)26-25(29)17(4)32-20-11-8-18(7-3)9-12-20/h8-13,16-17H,5-7,14-15H2,1-4H3,(H,26,28,29). The maximum absolute atomic E-state index is 12.7. The minimum atomic E-state index is -0.740. The van der Waals surface area contributed by atoms with Gasteiger partial charge in [-0.3, -0.25) is 4.79 Å². The number of anilines is 1. The van der Waals surface area contributed by atoms with Crippen molar-refractivity contribution < 1.29 is 23.6 Å². The Bertz CT molecular complexity index is 1030. The predicted octanol–water partition coefficient (Wildman–Crippen LogP) is 5.28. The van der Waals surface area contributed by atoms with Crippen LogP contribution in [0.5, 0.6) is 17.2 Å². The molecule has 3 rings (SSSR count). The molecule has 1 atom stereocenters. The summed E-state index contributed by atoms with van der Waals surface area (Å²) in [6.07, 6.45) is 1.95. The van der Waals surface area contributed by atoms with E-state index >= 15 is 0 Å². The molecule has 0 fully saturated rings. The number of hydrogen-bond acceptors (Lipinski definition) is 7. The van der Waals surface area contributed by atoms with Crippen LogP contribution < -0.4 is 19.5 Å². The Labute approximate surface area is 194 Å². The van der Waals surface area contributed by atoms with Gasteiger partial charge in [0.2, 0.25) is 5.82 Å². The fourth-order valence-corrected chi connectivity index (χ4v) is 3.05. The number of rotatable bonds is 12. The Morgan fingerprint density at radius 3 is 2.33 bits per heavy atom. The van der Waals surface area contributed by atoms with Gasteiger partial charge in [-0.05, 0) is 72.4 Å². The van der Waals surface area contributed by atoms with E-state index < -0.39 is 6.10 Å². The first-order valence-electron chi connectivity index (χ1n) is 11.3. The molecule has 0 spiro atoms. The monoisotopic (exact) mass is 453 g/mol. The van der Waals surface area contributed by atoms with Crippen molar-refractivity contribution in [1.29, 1.82) is 0 Å². The highest BCUT2D eigenvalue weighted by molar-refractivity contribution is 5.96. The number of carbonyl (C=O) groups is 1. The second-order valence-electron chi connectivity index (χ2n) is 7.57. The summed E-state index contributed by atoms with van der Waals surface area (Å²) in [5.74, 6) is 1.73. The summed E-state index contributed by atoms with van der Waals surface area (Å²) in [6.45, 7) is 8.98. The van der Waals surface area contributed by atoms with Gasteiger partial charge < -0.3 is 19.5 Å². The minimum Gasteiger partial charge on any atom is -0.490 e. The van der Waals surface area contributed by atoms with Crippen LogP contribution in [0.2, 0.25) is 0 Å². The van der Waals surface area contributed by atoms with Gasteiger partial charge in [-0.25, -0.2) is 4.63 Å². The number of carbonyl (C=O) groups excluding carboxylic acids is 1. The first kappa shape index (κ1) is 24.1. The molecular weight excluding hydrogens is 422 g/mol. The van der Waals surface area contributed by atoms with Gasteiger partial charge in [0.05, 0.1) is 13.2 Å². The smallest absolute Gasteiger partial charge is 0.266 e. The Kier molecular flexibility index (Phi) is 8.69. The van der Waals surface area contributed by atoms with Crippen LogP contribution in [0.3, 0.4) is 0 Å². The zero-order valence-electron chi connectivity index (χ0n) is 19.6. The quantitative estimate of drug-likeness (QED) is 0.398. The second-order valence-corrected chi connectivity index (χ2v) is 7.57. The normalized spacial score (nSPS) is 11.6. The lowest BCUT2D eigenvalue weighted by molar-refractivity contribution is -0.122. The molecule has 0 aliphatic heterocycles. The van der Waals surface area contributed by atoms with Crippen LogP contribution in [0.4, 0.5) is 5.82 Å². The lowest BCUT2D eigenvalue weighted by Crippen LogP contribution is -2.30. The third-order valence-electron chi connectivity index (χ3n) is 4.88. The largest absolute Gasteiger partial charge is 0.490 e. The number of ether oxygens (including phenoxy) is 3. The first-order chi connectivity index (χ1) is 16.0. The molecule has 0 aliphatic carbocycles. The van der Waals surface area contributed by atoms with Crippen LogP contribution in [0.15, 0.2) is 47.1 Å². The van der Waals surface area contributed by atoms with E-state index in [1.807, 2.05) is 56.3 Å². The number of aryl methyl sites for hydroxylation is 1. The zero-order valence-corrected chi connectivity index (χ0v) is 19.6. The van der Waals surface area contributed by atoms with Crippen molar-refractivity contribution in [2.45, 2.75) is 53.1 Å². The van der Waals surface area contributed by atoms with Gasteiger partial charge >= 0.3 is 0 Å². The highest BCUT2D eigenvalue weighted by Crippen LogP contribution is 2.34. The van der Waals surface area contributed by atoms with E-state index in [1.54, 1.807) is 6.92 Å². The number of nitrogens with zero attached hydrogens (tertiary/aromatic N) is 2. The van der Waals surface area contributed by atoms with Crippen LogP contribution in [-0.2, 0) is 11.2 Å². The fourth-order valence-electron chi connectivity index (χ4n) is 3.05. The minimum absolute atomic E-state index is 0.209. The Morgan fingerprint density at radius 1 is 0.970 bits per heavy atom. The molecule has 1 heterocycles. The molecule has 2 aromatic carbocycles. The molecule has 8 nitrogen and oxygen atoms in total. The molecule has 33 heavy (non-hydrogen) atoms. The van der Waals surface area contributed by atoms with Crippen molar-refractivity contribution in [2.75, 3.05) is 18.5 Å². The molecular formula is C25H31N3O5. The van der Waals surface area contributed by atoms with Gasteiger partial charge in [0.1, 0.15) is 5.75 Å². The van der Waals surface area contributed by atoms with Crippen LogP contribution in [-0.4, -0.2) is 35.5 Å². The molecule has 0 radical (unpaired) electrons.